The van der Waals surface area contributed by atoms with Crippen LogP contribution < -0.4 is 5.73 Å². The number of benzene rings is 2. The number of nitrogen functional groups attached to an aromatic ring is 1. The minimum Gasteiger partial charge on any atom is -0.508 e. The van der Waals surface area contributed by atoms with Crippen molar-refractivity contribution in [1.82, 2.24) is 14.5 Å². The van der Waals surface area contributed by atoms with Gasteiger partial charge in [0.15, 0.2) is 5.65 Å². The van der Waals surface area contributed by atoms with Gasteiger partial charge in [0.2, 0.25) is 0 Å². The van der Waals surface area contributed by atoms with Gasteiger partial charge in [-0.2, -0.15) is 0 Å². The van der Waals surface area contributed by atoms with E-state index in [-0.39, 0.29) is 23.0 Å². The number of phenolic OH excluding ortho intramolecular Hbond substituents is 1. The largest absolute Gasteiger partial charge is 0.508 e. The van der Waals surface area contributed by atoms with Crippen LogP contribution in [-0.4, -0.2) is 32.2 Å². The van der Waals surface area contributed by atoms with E-state index in [4.69, 9.17) is 15.5 Å². The molecule has 0 radical (unpaired) electrons. The fourth-order valence-electron chi connectivity index (χ4n) is 3.13. The van der Waals surface area contributed by atoms with Gasteiger partial charge < -0.3 is 15.6 Å². The Hall–Kier alpha value is -3.61. The van der Waals surface area contributed by atoms with Gasteiger partial charge in [-0.1, -0.05) is 32.4 Å². The minimum atomic E-state index is -0.519. The van der Waals surface area contributed by atoms with E-state index >= 15 is 0 Å². The van der Waals surface area contributed by atoms with Crippen molar-refractivity contribution in [2.75, 3.05) is 12.3 Å². The summed E-state index contributed by atoms with van der Waals surface area (Å²) in [6.07, 6.45) is 0.905. The molecule has 2 aromatic carbocycles. The first-order valence-electron chi connectivity index (χ1n) is 9.52. The lowest BCUT2D eigenvalue weighted by Crippen LogP contribution is -2.13. The molecule has 1 atom stereocenters. The molecule has 7 nitrogen and oxygen atoms in total. The Kier molecular flexibility index (Phi) is 4.80. The number of aromatic hydroxyl groups is 1. The molecule has 0 aliphatic carbocycles. The number of hydrogen-bond donors (Lipinski definition) is 2. The number of rotatable bonds is 5. The minimum absolute atomic E-state index is 0.133. The molecule has 0 bridgehead atoms. The second-order valence-electron chi connectivity index (χ2n) is 7.11. The summed E-state index contributed by atoms with van der Waals surface area (Å²) in [5, 5.41) is 9.62. The first kappa shape index (κ1) is 18.7. The Morgan fingerprint density at radius 3 is 2.45 bits per heavy atom. The highest BCUT2D eigenvalue weighted by Gasteiger charge is 2.26. The number of phenols is 1. The predicted octanol–water partition coefficient (Wildman–Crippen LogP) is 4.06. The number of ether oxygens (including phenoxy) is 1. The fraction of sp³-hybridized carbons (Fsp3) is 0.227. The molecule has 3 N–H and O–H groups in total. The van der Waals surface area contributed by atoms with Crippen molar-refractivity contribution in [3.63, 3.8) is 0 Å². The van der Waals surface area contributed by atoms with E-state index in [1.54, 1.807) is 28.8 Å². The zero-order valence-corrected chi connectivity index (χ0v) is 16.3. The molecule has 7 heteroatoms. The molecule has 0 amide bonds. The summed E-state index contributed by atoms with van der Waals surface area (Å²) in [6.45, 7) is 4.37. The number of nitrogens with two attached hydrogens (primary N) is 1. The van der Waals surface area contributed by atoms with Gasteiger partial charge in [0.1, 0.15) is 22.6 Å². The van der Waals surface area contributed by atoms with Crippen molar-refractivity contribution in [2.45, 2.75) is 20.3 Å². The smallest absolute Gasteiger partial charge is 0.344 e. The zero-order chi connectivity index (χ0) is 20.5. The van der Waals surface area contributed by atoms with Gasteiger partial charge in [0.05, 0.1) is 17.6 Å². The van der Waals surface area contributed by atoms with Crippen LogP contribution in [0, 0.1) is 5.92 Å². The maximum absolute atomic E-state index is 12.9. The molecule has 2 aromatic heterocycles. The third kappa shape index (κ3) is 3.35. The van der Waals surface area contributed by atoms with Gasteiger partial charge in [-0.15, -0.1) is 0 Å². The first-order valence-corrected chi connectivity index (χ1v) is 9.52. The number of hydrogen-bond acceptors (Lipinski definition) is 6. The van der Waals surface area contributed by atoms with Crippen LogP contribution in [0.25, 0.3) is 27.9 Å². The van der Waals surface area contributed by atoms with Gasteiger partial charge >= 0.3 is 5.97 Å². The van der Waals surface area contributed by atoms with Crippen LogP contribution in [0.4, 0.5) is 5.82 Å². The second kappa shape index (κ2) is 7.43. The summed E-state index contributed by atoms with van der Waals surface area (Å²) in [4.78, 5) is 22.3. The summed E-state index contributed by atoms with van der Waals surface area (Å²) < 4.78 is 7.17. The molecule has 4 rings (SSSR count). The first-order chi connectivity index (χ1) is 14.0. The van der Waals surface area contributed by atoms with E-state index in [1.165, 1.54) is 0 Å². The summed E-state index contributed by atoms with van der Waals surface area (Å²) in [5.74, 6) is 0.0658. The van der Waals surface area contributed by atoms with Gasteiger partial charge in [-0.3, -0.25) is 4.57 Å². The van der Waals surface area contributed by atoms with E-state index in [0.29, 0.717) is 34.5 Å². The highest BCUT2D eigenvalue weighted by Crippen LogP contribution is 2.32. The molecule has 0 aliphatic rings. The molecule has 1 unspecified atom stereocenters. The second-order valence-corrected chi connectivity index (χ2v) is 7.11. The summed E-state index contributed by atoms with van der Waals surface area (Å²) in [7, 11) is 0. The number of fused-ring (bicyclic) bond motifs is 2. The number of para-hydroxylation sites is 2. The lowest BCUT2D eigenvalue weighted by Gasteiger charge is -2.10. The zero-order valence-electron chi connectivity index (χ0n) is 16.3. The Labute approximate surface area is 167 Å². The number of aromatic nitrogens is 3. The lowest BCUT2D eigenvalue weighted by molar-refractivity contribution is 0.0450. The molecule has 0 spiro atoms. The van der Waals surface area contributed by atoms with E-state index in [1.807, 2.05) is 38.1 Å². The van der Waals surface area contributed by atoms with Crippen molar-refractivity contribution in [1.29, 1.82) is 0 Å². The highest BCUT2D eigenvalue weighted by atomic mass is 16.5. The van der Waals surface area contributed by atoms with Crippen LogP contribution in [0.15, 0.2) is 48.5 Å². The number of carbonyl (C=O) groups is 1. The third-order valence-electron chi connectivity index (χ3n) is 5.01. The molecule has 2 heterocycles. The van der Waals surface area contributed by atoms with Crippen LogP contribution in [-0.2, 0) is 4.74 Å². The summed E-state index contributed by atoms with van der Waals surface area (Å²) in [5.41, 5.74) is 9.48. The molecule has 148 valence electrons. The fourth-order valence-corrected chi connectivity index (χ4v) is 3.13. The van der Waals surface area contributed by atoms with Gasteiger partial charge in [0.25, 0.3) is 0 Å². The van der Waals surface area contributed by atoms with Crippen molar-refractivity contribution in [2.24, 2.45) is 5.92 Å². The molecular weight excluding hydrogens is 368 g/mol. The van der Waals surface area contributed by atoms with Crippen molar-refractivity contribution in [3.8, 4) is 11.4 Å². The highest BCUT2D eigenvalue weighted by molar-refractivity contribution is 6.09. The average Bonchev–Trinajstić information content (AvgIpc) is 3.01. The molecule has 0 fully saturated rings. The van der Waals surface area contributed by atoms with E-state index in [2.05, 4.69) is 4.98 Å². The number of nitrogens with zero attached hydrogens (tertiary/aromatic N) is 3. The Morgan fingerprint density at radius 2 is 1.79 bits per heavy atom. The average molecular weight is 390 g/mol. The van der Waals surface area contributed by atoms with Crippen molar-refractivity contribution < 1.29 is 14.6 Å². The lowest BCUT2D eigenvalue weighted by atomic mass is 10.1. The number of carbonyl (C=O) groups excluding carboxylic acids is 1. The SMILES string of the molecule is CCC(C)COC(=O)c1c(N)n(-c2ccc(O)cc2)c2nc3ccccc3nc12. The Bertz CT molecular complexity index is 1200. The molecule has 29 heavy (non-hydrogen) atoms. The van der Waals surface area contributed by atoms with E-state index in [0.717, 1.165) is 6.42 Å². The predicted molar refractivity (Wildman–Crippen MR) is 112 cm³/mol. The van der Waals surface area contributed by atoms with Gasteiger partial charge in [-0.05, 0) is 42.3 Å². The van der Waals surface area contributed by atoms with Gasteiger partial charge in [0, 0.05) is 5.69 Å². The van der Waals surface area contributed by atoms with Crippen LogP contribution >= 0.6 is 0 Å². The maximum Gasteiger partial charge on any atom is 0.344 e. The summed E-state index contributed by atoms with van der Waals surface area (Å²) >= 11 is 0. The van der Waals surface area contributed by atoms with Crippen LogP contribution in [0.2, 0.25) is 0 Å². The van der Waals surface area contributed by atoms with E-state index in [9.17, 15) is 9.90 Å². The molecule has 0 saturated heterocycles. The maximum atomic E-state index is 12.9. The Balaban J connectivity index is 1.94. The van der Waals surface area contributed by atoms with Gasteiger partial charge in [-0.25, -0.2) is 14.8 Å². The summed E-state index contributed by atoms with van der Waals surface area (Å²) in [6, 6.07) is 13.9. The number of esters is 1. The molecule has 0 saturated carbocycles. The normalized spacial score (nSPS) is 12.3. The van der Waals surface area contributed by atoms with E-state index < -0.39 is 5.97 Å². The molecule has 4 aromatic rings. The topological polar surface area (TPSA) is 103 Å². The molecule has 0 aliphatic heterocycles. The van der Waals surface area contributed by atoms with Crippen LogP contribution in [0.5, 0.6) is 5.75 Å². The molecular formula is C22H22N4O3. The number of anilines is 1. The monoisotopic (exact) mass is 390 g/mol. The van der Waals surface area contributed by atoms with Crippen molar-refractivity contribution in [3.05, 3.63) is 54.1 Å². The Morgan fingerprint density at radius 1 is 1.14 bits per heavy atom. The van der Waals surface area contributed by atoms with Crippen LogP contribution in [0.3, 0.4) is 0 Å². The quantitative estimate of drug-likeness (QED) is 0.498. The van der Waals surface area contributed by atoms with Crippen molar-refractivity contribution >= 4 is 34.0 Å². The van der Waals surface area contributed by atoms with Crippen LogP contribution in [0.1, 0.15) is 30.6 Å². The standard InChI is InChI=1S/C22H22N4O3/c1-3-13(2)12-29-22(28)18-19-21(25-17-7-5-4-6-16(17)24-19)26(20(18)23)14-8-10-15(27)11-9-14/h4-11,13,27H,3,12,23H2,1-2H3. The third-order valence-corrected chi connectivity index (χ3v) is 5.01.